The third-order valence-corrected chi connectivity index (χ3v) is 2.33. The summed E-state index contributed by atoms with van der Waals surface area (Å²) in [5, 5.41) is 0. The highest BCUT2D eigenvalue weighted by atomic mass is 16.5. The van der Waals surface area contributed by atoms with Gasteiger partial charge in [-0.25, -0.2) is 0 Å². The highest BCUT2D eigenvalue weighted by Gasteiger charge is 1.98. The molecule has 2 heteroatoms. The van der Waals surface area contributed by atoms with Crippen molar-refractivity contribution in [1.82, 2.24) is 0 Å². The molecule has 0 unspecified atom stereocenters. The fourth-order valence-electron chi connectivity index (χ4n) is 1.49. The molecule has 1 rings (SSSR count). The molecule has 0 heterocycles. The maximum absolute atomic E-state index is 5.68. The molecular weight excluding hydrogens is 188 g/mol. The summed E-state index contributed by atoms with van der Waals surface area (Å²) in [5.74, 6) is 0.998. The lowest BCUT2D eigenvalue weighted by molar-refractivity contribution is 0.184. The Kier molecular flexibility index (Phi) is 5.19. The van der Waals surface area contributed by atoms with Gasteiger partial charge in [0, 0.05) is 13.7 Å². The molecular formula is C13H20O2. The maximum atomic E-state index is 5.68. The number of benzene rings is 1. The van der Waals surface area contributed by atoms with E-state index in [0.717, 1.165) is 31.8 Å². The standard InChI is InChI=1S/C13H20O2/c1-11-6-7-13(12(2)10-11)15-9-5-4-8-14-3/h6-7,10H,4-5,8-9H2,1-3H3. The lowest BCUT2D eigenvalue weighted by atomic mass is 10.1. The normalized spacial score (nSPS) is 10.3. The monoisotopic (exact) mass is 208 g/mol. The minimum absolute atomic E-state index is 0.771. The van der Waals surface area contributed by atoms with Gasteiger partial charge in [0.05, 0.1) is 6.61 Å². The molecule has 1 aromatic rings. The molecule has 0 radical (unpaired) electrons. The Hall–Kier alpha value is -1.02. The summed E-state index contributed by atoms with van der Waals surface area (Å²) in [7, 11) is 1.73. The number of unbranched alkanes of at least 4 members (excludes halogenated alkanes) is 1. The molecule has 2 nitrogen and oxygen atoms in total. The average molecular weight is 208 g/mol. The van der Waals surface area contributed by atoms with Gasteiger partial charge in [-0.15, -0.1) is 0 Å². The Morgan fingerprint density at radius 1 is 1.07 bits per heavy atom. The van der Waals surface area contributed by atoms with Crippen molar-refractivity contribution < 1.29 is 9.47 Å². The van der Waals surface area contributed by atoms with Crippen LogP contribution in [0.1, 0.15) is 24.0 Å². The van der Waals surface area contributed by atoms with Gasteiger partial charge in [0.15, 0.2) is 0 Å². The van der Waals surface area contributed by atoms with Crippen molar-refractivity contribution in [1.29, 1.82) is 0 Å². The minimum Gasteiger partial charge on any atom is -0.493 e. The lowest BCUT2D eigenvalue weighted by Crippen LogP contribution is -2.00. The van der Waals surface area contributed by atoms with Crippen LogP contribution >= 0.6 is 0 Å². The van der Waals surface area contributed by atoms with E-state index in [0.29, 0.717) is 0 Å². The Morgan fingerprint density at radius 2 is 1.80 bits per heavy atom. The number of ether oxygens (including phenoxy) is 2. The molecule has 0 saturated heterocycles. The molecule has 1 aromatic carbocycles. The first-order valence-corrected chi connectivity index (χ1v) is 5.43. The largest absolute Gasteiger partial charge is 0.493 e. The summed E-state index contributed by atoms with van der Waals surface area (Å²) in [6, 6.07) is 6.27. The zero-order chi connectivity index (χ0) is 11.1. The summed E-state index contributed by atoms with van der Waals surface area (Å²) in [6.45, 7) is 5.76. The first-order chi connectivity index (χ1) is 7.24. The maximum Gasteiger partial charge on any atom is 0.122 e. The van der Waals surface area contributed by atoms with Crippen LogP contribution in [-0.2, 0) is 4.74 Å². The summed E-state index contributed by atoms with van der Waals surface area (Å²) in [5.41, 5.74) is 2.49. The van der Waals surface area contributed by atoms with Crippen LogP contribution in [-0.4, -0.2) is 20.3 Å². The van der Waals surface area contributed by atoms with Crippen molar-refractivity contribution in [2.45, 2.75) is 26.7 Å². The van der Waals surface area contributed by atoms with Crippen molar-refractivity contribution in [2.75, 3.05) is 20.3 Å². The van der Waals surface area contributed by atoms with E-state index in [9.17, 15) is 0 Å². The van der Waals surface area contributed by atoms with Gasteiger partial charge >= 0.3 is 0 Å². The predicted octanol–water partition coefficient (Wildman–Crippen LogP) is 3.11. The summed E-state index contributed by atoms with van der Waals surface area (Å²) >= 11 is 0. The topological polar surface area (TPSA) is 18.5 Å². The highest BCUT2D eigenvalue weighted by molar-refractivity contribution is 5.35. The van der Waals surface area contributed by atoms with Crippen LogP contribution in [0.15, 0.2) is 18.2 Å². The van der Waals surface area contributed by atoms with Crippen molar-refractivity contribution in [3.05, 3.63) is 29.3 Å². The fourth-order valence-corrected chi connectivity index (χ4v) is 1.49. The SMILES string of the molecule is COCCCCOc1ccc(C)cc1C. The van der Waals surface area contributed by atoms with Crippen LogP contribution in [0.3, 0.4) is 0 Å². The van der Waals surface area contributed by atoms with E-state index in [4.69, 9.17) is 9.47 Å². The number of methoxy groups -OCH3 is 1. The van der Waals surface area contributed by atoms with E-state index in [2.05, 4.69) is 26.0 Å². The van der Waals surface area contributed by atoms with Gasteiger partial charge in [-0.1, -0.05) is 17.7 Å². The second-order valence-electron chi connectivity index (χ2n) is 3.82. The van der Waals surface area contributed by atoms with Gasteiger partial charge in [-0.05, 0) is 38.3 Å². The van der Waals surface area contributed by atoms with Crippen molar-refractivity contribution in [3.8, 4) is 5.75 Å². The molecule has 0 N–H and O–H groups in total. The zero-order valence-corrected chi connectivity index (χ0v) is 9.88. The van der Waals surface area contributed by atoms with Gasteiger partial charge in [-0.3, -0.25) is 0 Å². The first kappa shape index (κ1) is 12.1. The molecule has 0 fully saturated rings. The van der Waals surface area contributed by atoms with Crippen LogP contribution < -0.4 is 4.74 Å². The number of aryl methyl sites for hydroxylation is 2. The highest BCUT2D eigenvalue weighted by Crippen LogP contribution is 2.18. The molecule has 0 atom stereocenters. The van der Waals surface area contributed by atoms with Crippen molar-refractivity contribution in [3.63, 3.8) is 0 Å². The molecule has 84 valence electrons. The summed E-state index contributed by atoms with van der Waals surface area (Å²) in [4.78, 5) is 0. The Labute approximate surface area is 92.2 Å². The molecule has 0 aliphatic carbocycles. The molecule has 0 amide bonds. The molecule has 0 spiro atoms. The van der Waals surface area contributed by atoms with E-state index < -0.39 is 0 Å². The molecule has 0 aliphatic rings. The number of hydrogen-bond donors (Lipinski definition) is 0. The van der Waals surface area contributed by atoms with Gasteiger partial charge < -0.3 is 9.47 Å². The average Bonchev–Trinajstić information content (AvgIpc) is 2.20. The van der Waals surface area contributed by atoms with Crippen LogP contribution in [0.4, 0.5) is 0 Å². The van der Waals surface area contributed by atoms with Crippen LogP contribution in [0.2, 0.25) is 0 Å². The van der Waals surface area contributed by atoms with E-state index >= 15 is 0 Å². The molecule has 15 heavy (non-hydrogen) atoms. The zero-order valence-electron chi connectivity index (χ0n) is 9.88. The van der Waals surface area contributed by atoms with Gasteiger partial charge in [0.25, 0.3) is 0 Å². The predicted molar refractivity (Wildman–Crippen MR) is 62.5 cm³/mol. The van der Waals surface area contributed by atoms with Gasteiger partial charge in [-0.2, -0.15) is 0 Å². The lowest BCUT2D eigenvalue weighted by Gasteiger charge is -2.09. The third kappa shape index (κ3) is 4.34. The second-order valence-corrected chi connectivity index (χ2v) is 3.82. The molecule has 0 saturated carbocycles. The molecule has 0 aromatic heterocycles. The fraction of sp³-hybridized carbons (Fsp3) is 0.538. The smallest absolute Gasteiger partial charge is 0.122 e. The Bertz CT molecular complexity index is 295. The number of hydrogen-bond acceptors (Lipinski definition) is 2. The second kappa shape index (κ2) is 6.46. The molecule has 0 bridgehead atoms. The van der Waals surface area contributed by atoms with E-state index in [1.54, 1.807) is 7.11 Å². The summed E-state index contributed by atoms with van der Waals surface area (Å²) < 4.78 is 10.7. The Balaban J connectivity index is 2.31. The van der Waals surface area contributed by atoms with E-state index in [1.165, 1.54) is 11.1 Å². The minimum atomic E-state index is 0.771. The van der Waals surface area contributed by atoms with Crippen LogP contribution in [0.5, 0.6) is 5.75 Å². The summed E-state index contributed by atoms with van der Waals surface area (Å²) in [6.07, 6.45) is 2.10. The Morgan fingerprint density at radius 3 is 2.47 bits per heavy atom. The number of rotatable bonds is 6. The first-order valence-electron chi connectivity index (χ1n) is 5.43. The molecule has 0 aliphatic heterocycles. The van der Waals surface area contributed by atoms with Gasteiger partial charge in [0.1, 0.15) is 5.75 Å². The quantitative estimate of drug-likeness (QED) is 0.669. The third-order valence-electron chi connectivity index (χ3n) is 2.33. The van der Waals surface area contributed by atoms with Crippen LogP contribution in [0, 0.1) is 13.8 Å². The van der Waals surface area contributed by atoms with E-state index in [-0.39, 0.29) is 0 Å². The van der Waals surface area contributed by atoms with Crippen molar-refractivity contribution in [2.24, 2.45) is 0 Å². The van der Waals surface area contributed by atoms with Crippen LogP contribution in [0.25, 0.3) is 0 Å². The van der Waals surface area contributed by atoms with Gasteiger partial charge in [0.2, 0.25) is 0 Å². The van der Waals surface area contributed by atoms with Crippen molar-refractivity contribution >= 4 is 0 Å². The van der Waals surface area contributed by atoms with E-state index in [1.807, 2.05) is 6.07 Å².